The first-order chi connectivity index (χ1) is 11.3. The average molecular weight is 343 g/mol. The molecule has 0 N–H and O–H groups in total. The van der Waals surface area contributed by atoms with Gasteiger partial charge in [-0.15, -0.1) is 0 Å². The number of halogens is 3. The Morgan fingerprint density at radius 3 is 2.75 bits per heavy atom. The molecule has 1 aliphatic heterocycles. The molecule has 8 nitrogen and oxygen atoms in total. The van der Waals surface area contributed by atoms with Gasteiger partial charge in [0.15, 0.2) is 5.82 Å². The highest BCUT2D eigenvalue weighted by Gasteiger charge is 2.40. The van der Waals surface area contributed by atoms with Crippen LogP contribution in [0.1, 0.15) is 34.5 Å². The lowest BCUT2D eigenvalue weighted by Gasteiger charge is -2.15. The molecule has 1 aliphatic rings. The minimum absolute atomic E-state index is 0.0777. The summed E-state index contributed by atoms with van der Waals surface area (Å²) < 4.78 is 42.7. The standard InChI is InChI=1S/C13H12F3N5O3/c1-20-9(22)3-2-8(18-20)11(23)21-5-4-7(6-21)10-17-12(24-19-10)13(14,15)16/h2-3,7H,4-6H2,1H3/t7-/m1/s1. The molecule has 3 rings (SSSR count). The zero-order valence-corrected chi connectivity index (χ0v) is 12.4. The lowest BCUT2D eigenvalue weighted by Crippen LogP contribution is -2.31. The van der Waals surface area contributed by atoms with Crippen molar-refractivity contribution in [3.63, 3.8) is 0 Å². The monoisotopic (exact) mass is 343 g/mol. The van der Waals surface area contributed by atoms with Crippen LogP contribution < -0.4 is 5.56 Å². The van der Waals surface area contributed by atoms with Gasteiger partial charge in [-0.05, 0) is 12.5 Å². The van der Waals surface area contributed by atoms with Gasteiger partial charge in [0.1, 0.15) is 5.69 Å². The molecule has 1 saturated heterocycles. The molecule has 0 bridgehead atoms. The smallest absolute Gasteiger partial charge is 0.336 e. The van der Waals surface area contributed by atoms with Crippen LogP contribution in [-0.2, 0) is 13.2 Å². The summed E-state index contributed by atoms with van der Waals surface area (Å²) >= 11 is 0. The topological polar surface area (TPSA) is 94.1 Å². The number of hydrogen-bond acceptors (Lipinski definition) is 6. The van der Waals surface area contributed by atoms with E-state index in [0.29, 0.717) is 13.0 Å². The molecule has 1 amide bonds. The number of alkyl halides is 3. The summed E-state index contributed by atoms with van der Waals surface area (Å²) in [7, 11) is 1.42. The number of rotatable bonds is 2. The first-order valence-electron chi connectivity index (χ1n) is 7.00. The van der Waals surface area contributed by atoms with E-state index in [1.165, 1.54) is 24.1 Å². The van der Waals surface area contributed by atoms with Crippen molar-refractivity contribution in [2.24, 2.45) is 7.05 Å². The molecule has 1 atom stereocenters. The van der Waals surface area contributed by atoms with Gasteiger partial charge in [-0.2, -0.15) is 23.3 Å². The van der Waals surface area contributed by atoms with Crippen LogP contribution in [0.25, 0.3) is 0 Å². The number of aromatic nitrogens is 4. The quantitative estimate of drug-likeness (QED) is 0.801. The van der Waals surface area contributed by atoms with Crippen LogP contribution >= 0.6 is 0 Å². The van der Waals surface area contributed by atoms with Crippen molar-refractivity contribution in [2.75, 3.05) is 13.1 Å². The minimum atomic E-state index is -4.70. The molecule has 0 saturated carbocycles. The maximum atomic E-state index is 12.5. The van der Waals surface area contributed by atoms with E-state index in [1.54, 1.807) is 0 Å². The van der Waals surface area contributed by atoms with E-state index in [9.17, 15) is 22.8 Å². The van der Waals surface area contributed by atoms with E-state index >= 15 is 0 Å². The van der Waals surface area contributed by atoms with E-state index < -0.39 is 23.9 Å². The first kappa shape index (κ1) is 16.1. The van der Waals surface area contributed by atoms with Gasteiger partial charge in [0, 0.05) is 32.1 Å². The third kappa shape index (κ3) is 3.01. The summed E-state index contributed by atoms with van der Waals surface area (Å²) in [6.45, 7) is 0.476. The maximum Gasteiger partial charge on any atom is 0.471 e. The number of nitrogens with zero attached hydrogens (tertiary/aromatic N) is 5. The molecule has 0 spiro atoms. The number of carbonyl (C=O) groups is 1. The van der Waals surface area contributed by atoms with Crippen molar-refractivity contribution in [3.8, 4) is 0 Å². The minimum Gasteiger partial charge on any atom is -0.336 e. The largest absolute Gasteiger partial charge is 0.471 e. The Bertz CT molecular complexity index is 829. The molecule has 2 aromatic rings. The Hall–Kier alpha value is -2.72. The van der Waals surface area contributed by atoms with Gasteiger partial charge < -0.3 is 9.42 Å². The normalized spacial score (nSPS) is 18.2. The fourth-order valence-electron chi connectivity index (χ4n) is 2.45. The number of carbonyl (C=O) groups excluding carboxylic acids is 1. The summed E-state index contributed by atoms with van der Waals surface area (Å²) in [5, 5.41) is 7.22. The van der Waals surface area contributed by atoms with E-state index in [1.807, 2.05) is 0 Å². The fourth-order valence-corrected chi connectivity index (χ4v) is 2.45. The molecular formula is C13H12F3N5O3. The summed E-state index contributed by atoms with van der Waals surface area (Å²) in [5.74, 6) is -2.33. The zero-order chi connectivity index (χ0) is 17.5. The number of aryl methyl sites for hydroxylation is 1. The molecule has 0 unspecified atom stereocenters. The van der Waals surface area contributed by atoms with Crippen LogP contribution in [0.4, 0.5) is 13.2 Å². The van der Waals surface area contributed by atoms with E-state index in [4.69, 9.17) is 0 Å². The summed E-state index contributed by atoms with van der Waals surface area (Å²) in [4.78, 5) is 28.4. The third-order valence-electron chi connectivity index (χ3n) is 3.70. The molecule has 0 aromatic carbocycles. The maximum absolute atomic E-state index is 12.5. The predicted octanol–water partition coefficient (Wildman–Crippen LogP) is 0.812. The SMILES string of the molecule is Cn1nc(C(=O)N2CC[C@@H](c3noc(C(F)(F)F)n3)C2)ccc1=O. The lowest BCUT2D eigenvalue weighted by atomic mass is 10.1. The molecule has 128 valence electrons. The van der Waals surface area contributed by atoms with Crippen molar-refractivity contribution >= 4 is 5.91 Å². The fraction of sp³-hybridized carbons (Fsp3) is 0.462. The van der Waals surface area contributed by atoms with Gasteiger partial charge in [-0.1, -0.05) is 5.16 Å². The molecular weight excluding hydrogens is 331 g/mol. The molecule has 24 heavy (non-hydrogen) atoms. The average Bonchev–Trinajstić information content (AvgIpc) is 3.17. The van der Waals surface area contributed by atoms with Gasteiger partial charge in [0.05, 0.1) is 0 Å². The van der Waals surface area contributed by atoms with Crippen molar-refractivity contribution in [2.45, 2.75) is 18.5 Å². The molecule has 0 radical (unpaired) electrons. The Balaban J connectivity index is 1.73. The van der Waals surface area contributed by atoms with Crippen molar-refractivity contribution < 1.29 is 22.5 Å². The van der Waals surface area contributed by atoms with Crippen molar-refractivity contribution in [1.29, 1.82) is 0 Å². The van der Waals surface area contributed by atoms with Crippen LogP contribution in [0.15, 0.2) is 21.5 Å². The van der Waals surface area contributed by atoms with Gasteiger partial charge in [0.25, 0.3) is 11.5 Å². The second kappa shape index (κ2) is 5.73. The number of likely N-dealkylation sites (tertiary alicyclic amines) is 1. The Labute approximate surface area is 132 Å². The van der Waals surface area contributed by atoms with Crippen molar-refractivity contribution in [3.05, 3.63) is 39.9 Å². The highest BCUT2D eigenvalue weighted by molar-refractivity contribution is 5.92. The number of hydrogen-bond donors (Lipinski definition) is 0. The van der Waals surface area contributed by atoms with Crippen LogP contribution in [0.5, 0.6) is 0 Å². The predicted molar refractivity (Wildman–Crippen MR) is 72.0 cm³/mol. The van der Waals surface area contributed by atoms with Gasteiger partial charge in [0.2, 0.25) is 0 Å². The highest BCUT2D eigenvalue weighted by Crippen LogP contribution is 2.31. The van der Waals surface area contributed by atoms with Gasteiger partial charge >= 0.3 is 12.1 Å². The van der Waals surface area contributed by atoms with Crippen LogP contribution in [0.3, 0.4) is 0 Å². The van der Waals surface area contributed by atoms with Crippen molar-refractivity contribution in [1.82, 2.24) is 24.8 Å². The van der Waals surface area contributed by atoms with Gasteiger partial charge in [-0.3, -0.25) is 9.59 Å². The van der Waals surface area contributed by atoms with E-state index in [0.717, 1.165) is 4.68 Å². The van der Waals surface area contributed by atoms with Crippen LogP contribution in [-0.4, -0.2) is 43.8 Å². The third-order valence-corrected chi connectivity index (χ3v) is 3.70. The molecule has 1 fully saturated rings. The zero-order valence-electron chi connectivity index (χ0n) is 12.4. The Morgan fingerprint density at radius 2 is 2.12 bits per heavy atom. The van der Waals surface area contributed by atoms with Crippen LogP contribution in [0, 0.1) is 0 Å². The highest BCUT2D eigenvalue weighted by atomic mass is 19.4. The second-order valence-electron chi connectivity index (χ2n) is 5.37. The van der Waals surface area contributed by atoms with Gasteiger partial charge in [-0.25, -0.2) is 4.68 Å². The molecule has 3 heterocycles. The molecule has 2 aromatic heterocycles. The summed E-state index contributed by atoms with van der Waals surface area (Å²) in [5.41, 5.74) is -0.265. The Kier molecular flexibility index (Phi) is 3.85. The Morgan fingerprint density at radius 1 is 1.38 bits per heavy atom. The molecule has 11 heteroatoms. The molecule has 0 aliphatic carbocycles. The van der Waals surface area contributed by atoms with Crippen LogP contribution in [0.2, 0.25) is 0 Å². The summed E-state index contributed by atoms with van der Waals surface area (Å²) in [6, 6.07) is 2.54. The summed E-state index contributed by atoms with van der Waals surface area (Å²) in [6.07, 6.45) is -4.29. The second-order valence-corrected chi connectivity index (χ2v) is 5.37. The lowest BCUT2D eigenvalue weighted by molar-refractivity contribution is -0.159. The van der Waals surface area contributed by atoms with E-state index in [-0.39, 0.29) is 23.6 Å². The number of amides is 1. The van der Waals surface area contributed by atoms with E-state index in [2.05, 4.69) is 19.8 Å². The first-order valence-corrected chi connectivity index (χ1v) is 7.00.